The first kappa shape index (κ1) is 10.8. The highest BCUT2D eigenvalue weighted by Gasteiger charge is 2.45. The second kappa shape index (κ2) is 3.84. The first-order valence-electron chi connectivity index (χ1n) is 6.26. The van der Waals surface area contributed by atoms with E-state index in [-0.39, 0.29) is 11.3 Å². The van der Waals surface area contributed by atoms with Gasteiger partial charge in [0.25, 0.3) is 0 Å². The van der Waals surface area contributed by atoms with Gasteiger partial charge in [-0.05, 0) is 32.0 Å². The van der Waals surface area contributed by atoms with Gasteiger partial charge in [-0.1, -0.05) is 17.7 Å². The van der Waals surface area contributed by atoms with Gasteiger partial charge in [-0.25, -0.2) is 0 Å². The van der Waals surface area contributed by atoms with Crippen LogP contribution in [0.1, 0.15) is 18.4 Å². The van der Waals surface area contributed by atoms with Crippen LogP contribution in [0.3, 0.4) is 0 Å². The number of aryl methyl sites for hydroxylation is 1. The number of rotatable bonds is 1. The minimum atomic E-state index is 0.196. The molecule has 1 aromatic rings. The molecular weight excluding hydrogens is 212 g/mol. The first-order chi connectivity index (χ1) is 8.19. The van der Waals surface area contributed by atoms with Crippen LogP contribution < -0.4 is 10.2 Å². The number of carbonyl (C=O) groups is 1. The average Bonchev–Trinajstić information content (AvgIpc) is 2.88. The van der Waals surface area contributed by atoms with Crippen molar-refractivity contribution in [3.63, 3.8) is 0 Å². The molecule has 2 heterocycles. The monoisotopic (exact) mass is 230 g/mol. The van der Waals surface area contributed by atoms with Crippen LogP contribution in [-0.4, -0.2) is 25.5 Å². The van der Waals surface area contributed by atoms with Gasteiger partial charge in [0.2, 0.25) is 5.91 Å². The van der Waals surface area contributed by atoms with Crippen molar-refractivity contribution in [3.05, 3.63) is 29.8 Å². The number of anilines is 1. The van der Waals surface area contributed by atoms with Crippen molar-refractivity contribution in [3.8, 4) is 0 Å². The van der Waals surface area contributed by atoms with Crippen LogP contribution in [0.5, 0.6) is 0 Å². The Bertz CT molecular complexity index is 432. The number of hydrogen-bond acceptors (Lipinski definition) is 2. The lowest BCUT2D eigenvalue weighted by Crippen LogP contribution is -2.29. The summed E-state index contributed by atoms with van der Waals surface area (Å²) in [6, 6.07) is 8.24. The van der Waals surface area contributed by atoms with Crippen molar-refractivity contribution < 1.29 is 4.79 Å². The van der Waals surface area contributed by atoms with Gasteiger partial charge in [0.05, 0.1) is 0 Å². The normalized spacial score (nSPS) is 28.3. The molecule has 17 heavy (non-hydrogen) atoms. The van der Waals surface area contributed by atoms with Crippen LogP contribution in [0.15, 0.2) is 24.3 Å². The van der Waals surface area contributed by atoms with Gasteiger partial charge >= 0.3 is 0 Å². The third-order valence-electron chi connectivity index (χ3n) is 4.00. The van der Waals surface area contributed by atoms with Gasteiger partial charge in [0, 0.05) is 30.6 Å². The van der Waals surface area contributed by atoms with Crippen molar-refractivity contribution in [2.24, 2.45) is 5.41 Å². The molecular formula is C14H18N2O. The maximum Gasteiger partial charge on any atom is 0.227 e. The summed E-state index contributed by atoms with van der Waals surface area (Å²) in [6.07, 6.45) is 1.83. The fourth-order valence-corrected chi connectivity index (χ4v) is 2.94. The summed E-state index contributed by atoms with van der Waals surface area (Å²) in [5, 5.41) is 3.38. The van der Waals surface area contributed by atoms with E-state index >= 15 is 0 Å². The van der Waals surface area contributed by atoms with Crippen LogP contribution in [0.2, 0.25) is 0 Å². The van der Waals surface area contributed by atoms with Crippen molar-refractivity contribution in [2.45, 2.75) is 19.8 Å². The molecule has 2 saturated heterocycles. The summed E-state index contributed by atoms with van der Waals surface area (Å²) in [6.45, 7) is 4.98. The van der Waals surface area contributed by atoms with E-state index in [1.54, 1.807) is 0 Å². The minimum absolute atomic E-state index is 0.196. The predicted molar refractivity (Wildman–Crippen MR) is 68.1 cm³/mol. The fraction of sp³-hybridized carbons (Fsp3) is 0.500. The van der Waals surface area contributed by atoms with Crippen LogP contribution in [-0.2, 0) is 4.79 Å². The molecule has 1 spiro atoms. The lowest BCUT2D eigenvalue weighted by atomic mass is 9.86. The third kappa shape index (κ3) is 1.84. The fourth-order valence-electron chi connectivity index (χ4n) is 2.94. The van der Waals surface area contributed by atoms with E-state index in [1.807, 2.05) is 4.90 Å². The molecule has 2 fully saturated rings. The molecule has 2 aliphatic heterocycles. The van der Waals surface area contributed by atoms with Gasteiger partial charge in [-0.15, -0.1) is 0 Å². The van der Waals surface area contributed by atoms with Gasteiger partial charge in [-0.3, -0.25) is 4.79 Å². The summed E-state index contributed by atoms with van der Waals surface area (Å²) < 4.78 is 0. The number of nitrogens with zero attached hydrogens (tertiary/aromatic N) is 1. The smallest absolute Gasteiger partial charge is 0.227 e. The highest BCUT2D eigenvalue weighted by atomic mass is 16.2. The Morgan fingerprint density at radius 1 is 1.29 bits per heavy atom. The topological polar surface area (TPSA) is 32.3 Å². The van der Waals surface area contributed by atoms with E-state index in [4.69, 9.17) is 0 Å². The lowest BCUT2D eigenvalue weighted by Gasteiger charge is -2.22. The molecule has 1 atom stereocenters. The molecule has 0 saturated carbocycles. The van der Waals surface area contributed by atoms with E-state index in [0.29, 0.717) is 6.42 Å². The Labute approximate surface area is 102 Å². The molecule has 0 bridgehead atoms. The highest BCUT2D eigenvalue weighted by molar-refractivity contribution is 5.96. The second-order valence-electron chi connectivity index (χ2n) is 5.42. The molecule has 1 N–H and O–H groups in total. The number of hydrogen-bond donors (Lipinski definition) is 1. The summed E-state index contributed by atoms with van der Waals surface area (Å²) in [4.78, 5) is 14.1. The van der Waals surface area contributed by atoms with E-state index in [9.17, 15) is 4.79 Å². The van der Waals surface area contributed by atoms with Crippen molar-refractivity contribution in [1.29, 1.82) is 0 Å². The van der Waals surface area contributed by atoms with Crippen molar-refractivity contribution in [1.82, 2.24) is 5.32 Å². The summed E-state index contributed by atoms with van der Waals surface area (Å²) in [5.41, 5.74) is 2.48. The van der Waals surface area contributed by atoms with Crippen LogP contribution in [0.4, 0.5) is 5.69 Å². The summed E-state index contributed by atoms with van der Waals surface area (Å²) >= 11 is 0. The number of nitrogens with one attached hydrogen (secondary N) is 1. The zero-order valence-corrected chi connectivity index (χ0v) is 10.2. The Morgan fingerprint density at radius 3 is 2.71 bits per heavy atom. The maximum atomic E-state index is 12.1. The number of benzene rings is 1. The maximum absolute atomic E-state index is 12.1. The molecule has 0 aliphatic carbocycles. The molecule has 0 radical (unpaired) electrons. The summed E-state index contributed by atoms with van der Waals surface area (Å²) in [7, 11) is 0. The minimum Gasteiger partial charge on any atom is -0.316 e. The zero-order chi connectivity index (χ0) is 11.9. The Hall–Kier alpha value is -1.35. The molecule has 1 aromatic carbocycles. The molecule has 1 unspecified atom stereocenters. The van der Waals surface area contributed by atoms with Gasteiger partial charge in [-0.2, -0.15) is 0 Å². The van der Waals surface area contributed by atoms with Gasteiger partial charge < -0.3 is 10.2 Å². The van der Waals surface area contributed by atoms with E-state index in [1.165, 1.54) is 5.56 Å². The standard InChI is InChI=1S/C14H18N2O/c1-11-2-4-12(5-3-11)16-10-14(8-13(16)17)6-7-15-9-14/h2-5,15H,6-10H2,1H3. The molecule has 2 aliphatic rings. The quantitative estimate of drug-likeness (QED) is 0.796. The van der Waals surface area contributed by atoms with E-state index in [2.05, 4.69) is 36.5 Å². The van der Waals surface area contributed by atoms with Crippen molar-refractivity contribution in [2.75, 3.05) is 24.5 Å². The Balaban J connectivity index is 1.85. The third-order valence-corrected chi connectivity index (χ3v) is 4.00. The highest BCUT2D eigenvalue weighted by Crippen LogP contribution is 2.38. The van der Waals surface area contributed by atoms with Gasteiger partial charge in [0.1, 0.15) is 0 Å². The van der Waals surface area contributed by atoms with Gasteiger partial charge in [0.15, 0.2) is 0 Å². The van der Waals surface area contributed by atoms with Crippen LogP contribution >= 0.6 is 0 Å². The SMILES string of the molecule is Cc1ccc(N2CC3(CCNC3)CC2=O)cc1. The molecule has 1 amide bonds. The molecule has 3 nitrogen and oxygen atoms in total. The zero-order valence-electron chi connectivity index (χ0n) is 10.2. The Kier molecular flexibility index (Phi) is 2.44. The molecule has 3 rings (SSSR count). The number of amides is 1. The summed E-state index contributed by atoms with van der Waals surface area (Å²) in [5.74, 6) is 0.276. The number of carbonyl (C=O) groups excluding carboxylic acids is 1. The molecule has 3 heteroatoms. The largest absolute Gasteiger partial charge is 0.316 e. The second-order valence-corrected chi connectivity index (χ2v) is 5.42. The lowest BCUT2D eigenvalue weighted by molar-refractivity contribution is -0.117. The predicted octanol–water partition coefficient (Wildman–Crippen LogP) is 1.71. The van der Waals surface area contributed by atoms with Crippen molar-refractivity contribution >= 4 is 11.6 Å². The van der Waals surface area contributed by atoms with E-state index < -0.39 is 0 Å². The van der Waals surface area contributed by atoms with Crippen LogP contribution in [0.25, 0.3) is 0 Å². The average molecular weight is 230 g/mol. The Morgan fingerprint density at radius 2 is 2.06 bits per heavy atom. The van der Waals surface area contributed by atoms with Crippen LogP contribution in [0, 0.1) is 12.3 Å². The first-order valence-corrected chi connectivity index (χ1v) is 6.26. The molecule has 0 aromatic heterocycles. The molecule has 90 valence electrons. The van der Waals surface area contributed by atoms with E-state index in [0.717, 1.165) is 31.7 Å².